The van der Waals surface area contributed by atoms with Gasteiger partial charge in [-0.05, 0) is 37.1 Å². The number of hydrogen-bond acceptors (Lipinski definition) is 4. The maximum atomic E-state index is 5.73. The highest BCUT2D eigenvalue weighted by molar-refractivity contribution is 5.79. The molecule has 1 heterocycles. The lowest BCUT2D eigenvalue weighted by Crippen LogP contribution is -2.41. The van der Waals surface area contributed by atoms with Gasteiger partial charge in [-0.3, -0.25) is 4.99 Å². The summed E-state index contributed by atoms with van der Waals surface area (Å²) < 4.78 is 5.73. The lowest BCUT2D eigenvalue weighted by atomic mass is 10.3. The van der Waals surface area contributed by atoms with Gasteiger partial charge in [-0.15, -0.1) is 0 Å². The predicted octanol–water partition coefficient (Wildman–Crippen LogP) is 2.86. The molecule has 0 spiro atoms. The quantitative estimate of drug-likeness (QED) is 0.390. The molecule has 0 fully saturated rings. The number of nitrogens with one attached hydrogen (secondary N) is 2. The van der Waals surface area contributed by atoms with Gasteiger partial charge in [0.25, 0.3) is 0 Å². The van der Waals surface area contributed by atoms with Crippen molar-refractivity contribution >= 4 is 11.8 Å². The van der Waals surface area contributed by atoms with Crippen molar-refractivity contribution in [3.05, 3.63) is 54.7 Å². The number of guanidine groups is 1. The van der Waals surface area contributed by atoms with Crippen LogP contribution < -0.4 is 15.4 Å². The molecule has 0 radical (unpaired) electrons. The van der Waals surface area contributed by atoms with E-state index < -0.39 is 0 Å². The summed E-state index contributed by atoms with van der Waals surface area (Å²) in [5.74, 6) is 2.71. The van der Waals surface area contributed by atoms with Crippen molar-refractivity contribution in [2.75, 3.05) is 45.7 Å². The molecule has 0 atom stereocenters. The van der Waals surface area contributed by atoms with Crippen LogP contribution >= 0.6 is 0 Å². The number of benzene rings is 1. The van der Waals surface area contributed by atoms with Crippen LogP contribution in [0, 0.1) is 0 Å². The standard InChI is InChI=1S/C20H29N5O/c1-21-20(25(2)16-17-26-18-10-4-3-5-11-18)24-15-9-8-14-23-19-12-6-7-13-22-19/h3-7,10-13H,8-9,14-17H2,1-2H3,(H,21,24)(H,22,23). The van der Waals surface area contributed by atoms with Crippen LogP contribution in [0.3, 0.4) is 0 Å². The van der Waals surface area contributed by atoms with Gasteiger partial charge in [0.2, 0.25) is 0 Å². The van der Waals surface area contributed by atoms with Gasteiger partial charge in [0, 0.05) is 33.4 Å². The number of para-hydroxylation sites is 1. The van der Waals surface area contributed by atoms with Crippen LogP contribution in [0.25, 0.3) is 0 Å². The number of rotatable bonds is 10. The number of ether oxygens (including phenoxy) is 1. The van der Waals surface area contributed by atoms with Gasteiger partial charge in [-0.1, -0.05) is 24.3 Å². The van der Waals surface area contributed by atoms with E-state index in [1.165, 1.54) is 0 Å². The first kappa shape index (κ1) is 19.6. The van der Waals surface area contributed by atoms with Crippen LogP contribution in [-0.4, -0.2) is 56.2 Å². The minimum atomic E-state index is 0.620. The SMILES string of the molecule is CN=C(NCCCCNc1ccccn1)N(C)CCOc1ccccc1. The maximum Gasteiger partial charge on any atom is 0.193 e. The Morgan fingerprint density at radius 1 is 1.08 bits per heavy atom. The van der Waals surface area contributed by atoms with Crippen molar-refractivity contribution in [2.24, 2.45) is 4.99 Å². The summed E-state index contributed by atoms with van der Waals surface area (Å²) in [6, 6.07) is 15.7. The van der Waals surface area contributed by atoms with Crippen LogP contribution in [-0.2, 0) is 0 Å². The second kappa shape index (κ2) is 11.7. The molecular weight excluding hydrogens is 326 g/mol. The molecule has 26 heavy (non-hydrogen) atoms. The molecule has 0 bridgehead atoms. The minimum absolute atomic E-state index is 0.620. The molecule has 2 rings (SSSR count). The number of likely N-dealkylation sites (N-methyl/N-ethyl adjacent to an activating group) is 1. The summed E-state index contributed by atoms with van der Waals surface area (Å²) in [5.41, 5.74) is 0. The van der Waals surface area contributed by atoms with Gasteiger partial charge in [-0.25, -0.2) is 4.98 Å². The van der Waals surface area contributed by atoms with E-state index in [1.54, 1.807) is 13.2 Å². The number of aromatic nitrogens is 1. The van der Waals surface area contributed by atoms with Crippen LogP contribution in [0.2, 0.25) is 0 Å². The Morgan fingerprint density at radius 3 is 2.58 bits per heavy atom. The summed E-state index contributed by atoms with van der Waals surface area (Å²) in [5, 5.41) is 6.71. The number of unbranched alkanes of at least 4 members (excludes halogenated alkanes) is 1. The highest BCUT2D eigenvalue weighted by Gasteiger charge is 2.05. The van der Waals surface area contributed by atoms with Crippen molar-refractivity contribution in [2.45, 2.75) is 12.8 Å². The number of aliphatic imine (C=N–C) groups is 1. The first-order chi connectivity index (χ1) is 12.8. The van der Waals surface area contributed by atoms with Gasteiger partial charge >= 0.3 is 0 Å². The number of anilines is 1. The van der Waals surface area contributed by atoms with Crippen molar-refractivity contribution in [1.29, 1.82) is 0 Å². The molecule has 0 aliphatic heterocycles. The van der Waals surface area contributed by atoms with Crippen LogP contribution in [0.15, 0.2) is 59.7 Å². The van der Waals surface area contributed by atoms with Gasteiger partial charge in [-0.2, -0.15) is 0 Å². The van der Waals surface area contributed by atoms with E-state index >= 15 is 0 Å². The van der Waals surface area contributed by atoms with Crippen molar-refractivity contribution in [3.8, 4) is 5.75 Å². The number of hydrogen-bond donors (Lipinski definition) is 2. The summed E-state index contributed by atoms with van der Waals surface area (Å²) in [7, 11) is 3.83. The van der Waals surface area contributed by atoms with E-state index in [9.17, 15) is 0 Å². The van der Waals surface area contributed by atoms with E-state index in [1.807, 2.05) is 55.6 Å². The molecule has 1 aromatic carbocycles. The lowest BCUT2D eigenvalue weighted by Gasteiger charge is -2.22. The average molecular weight is 355 g/mol. The molecule has 0 amide bonds. The summed E-state index contributed by atoms with van der Waals surface area (Å²) >= 11 is 0. The van der Waals surface area contributed by atoms with Gasteiger partial charge < -0.3 is 20.3 Å². The molecule has 2 N–H and O–H groups in total. The maximum absolute atomic E-state index is 5.73. The Morgan fingerprint density at radius 2 is 1.85 bits per heavy atom. The summed E-state index contributed by atoms with van der Waals surface area (Å²) in [6.07, 6.45) is 3.93. The third kappa shape index (κ3) is 7.42. The van der Waals surface area contributed by atoms with E-state index in [2.05, 4.69) is 25.5 Å². The van der Waals surface area contributed by atoms with E-state index in [0.29, 0.717) is 6.61 Å². The fourth-order valence-corrected chi connectivity index (χ4v) is 2.44. The summed E-state index contributed by atoms with van der Waals surface area (Å²) in [4.78, 5) is 10.7. The predicted molar refractivity (Wildman–Crippen MR) is 108 cm³/mol. The molecule has 0 aliphatic carbocycles. The van der Waals surface area contributed by atoms with Crippen LogP contribution in [0.1, 0.15) is 12.8 Å². The molecule has 0 unspecified atom stereocenters. The minimum Gasteiger partial charge on any atom is -0.492 e. The third-order valence-corrected chi connectivity index (χ3v) is 3.87. The highest BCUT2D eigenvalue weighted by Crippen LogP contribution is 2.07. The van der Waals surface area contributed by atoms with Crippen molar-refractivity contribution in [1.82, 2.24) is 15.2 Å². The van der Waals surface area contributed by atoms with Crippen molar-refractivity contribution < 1.29 is 4.74 Å². The molecule has 140 valence electrons. The van der Waals surface area contributed by atoms with Crippen LogP contribution in [0.4, 0.5) is 5.82 Å². The number of pyridine rings is 1. The monoisotopic (exact) mass is 355 g/mol. The summed E-state index contributed by atoms with van der Waals surface area (Å²) in [6.45, 7) is 3.20. The molecule has 0 aliphatic rings. The number of nitrogens with zero attached hydrogens (tertiary/aromatic N) is 3. The topological polar surface area (TPSA) is 61.8 Å². The molecule has 2 aromatic rings. The Bertz CT molecular complexity index is 633. The first-order valence-electron chi connectivity index (χ1n) is 9.04. The van der Waals surface area contributed by atoms with Crippen LogP contribution in [0.5, 0.6) is 5.75 Å². The fourth-order valence-electron chi connectivity index (χ4n) is 2.44. The molecule has 0 saturated carbocycles. The molecular formula is C20H29N5O. The highest BCUT2D eigenvalue weighted by atomic mass is 16.5. The molecule has 6 nitrogen and oxygen atoms in total. The smallest absolute Gasteiger partial charge is 0.193 e. The third-order valence-electron chi connectivity index (χ3n) is 3.87. The molecule has 1 aromatic heterocycles. The molecule has 6 heteroatoms. The van der Waals surface area contributed by atoms with E-state index in [-0.39, 0.29) is 0 Å². The normalized spacial score (nSPS) is 11.1. The second-order valence-corrected chi connectivity index (χ2v) is 5.91. The largest absolute Gasteiger partial charge is 0.492 e. The van der Waals surface area contributed by atoms with E-state index in [0.717, 1.165) is 50.0 Å². The van der Waals surface area contributed by atoms with Gasteiger partial charge in [0.15, 0.2) is 5.96 Å². The van der Waals surface area contributed by atoms with E-state index in [4.69, 9.17) is 4.74 Å². The zero-order valence-corrected chi connectivity index (χ0v) is 15.7. The Labute approximate surface area is 156 Å². The fraction of sp³-hybridized carbons (Fsp3) is 0.400. The Balaban J connectivity index is 1.56. The second-order valence-electron chi connectivity index (χ2n) is 5.91. The van der Waals surface area contributed by atoms with Gasteiger partial charge in [0.1, 0.15) is 18.2 Å². The molecule has 0 saturated heterocycles. The van der Waals surface area contributed by atoms with Gasteiger partial charge in [0.05, 0.1) is 6.54 Å². The Hall–Kier alpha value is -2.76. The Kier molecular flexibility index (Phi) is 8.83. The average Bonchev–Trinajstić information content (AvgIpc) is 2.69. The lowest BCUT2D eigenvalue weighted by molar-refractivity contribution is 0.281. The zero-order valence-electron chi connectivity index (χ0n) is 15.7. The first-order valence-corrected chi connectivity index (χ1v) is 9.04. The van der Waals surface area contributed by atoms with Crippen molar-refractivity contribution in [3.63, 3.8) is 0 Å². The zero-order chi connectivity index (χ0) is 18.5.